The highest BCUT2D eigenvalue weighted by Crippen LogP contribution is 2.12. The first-order valence-electron chi connectivity index (χ1n) is 6.44. The standard InChI is InChI=1S/C14H20N4O/c1-18-14(9-10-15)16-13(17-18)8-5-11-3-6-12(19-2)7-4-11/h3-4,6-7H,5,8-10,15H2,1-2H3. The maximum Gasteiger partial charge on any atom is 0.151 e. The van der Waals surface area contributed by atoms with Crippen molar-refractivity contribution in [2.75, 3.05) is 13.7 Å². The van der Waals surface area contributed by atoms with Crippen LogP contribution in [0.3, 0.4) is 0 Å². The molecular weight excluding hydrogens is 240 g/mol. The van der Waals surface area contributed by atoms with Gasteiger partial charge in [-0.2, -0.15) is 5.10 Å². The van der Waals surface area contributed by atoms with Gasteiger partial charge in [0.15, 0.2) is 5.82 Å². The Morgan fingerprint density at radius 3 is 2.53 bits per heavy atom. The number of aryl methyl sites for hydroxylation is 3. The minimum atomic E-state index is 0.602. The van der Waals surface area contributed by atoms with Crippen molar-refractivity contribution in [2.24, 2.45) is 12.8 Å². The third-order valence-electron chi connectivity index (χ3n) is 3.06. The average Bonchev–Trinajstić information content (AvgIpc) is 2.78. The first-order valence-corrected chi connectivity index (χ1v) is 6.44. The molecule has 0 spiro atoms. The van der Waals surface area contributed by atoms with Gasteiger partial charge in [0.1, 0.15) is 11.6 Å². The largest absolute Gasteiger partial charge is 0.497 e. The average molecular weight is 260 g/mol. The molecule has 0 amide bonds. The van der Waals surface area contributed by atoms with Crippen LogP contribution < -0.4 is 10.5 Å². The zero-order chi connectivity index (χ0) is 13.7. The lowest BCUT2D eigenvalue weighted by Gasteiger charge is -2.01. The van der Waals surface area contributed by atoms with E-state index < -0.39 is 0 Å². The molecule has 1 aromatic carbocycles. The Morgan fingerprint density at radius 2 is 1.89 bits per heavy atom. The van der Waals surface area contributed by atoms with Gasteiger partial charge in [-0.25, -0.2) is 4.98 Å². The van der Waals surface area contributed by atoms with Gasteiger partial charge in [0.05, 0.1) is 7.11 Å². The Labute approximate surface area is 113 Å². The predicted octanol–water partition coefficient (Wildman–Crippen LogP) is 1.11. The van der Waals surface area contributed by atoms with Gasteiger partial charge in [0.25, 0.3) is 0 Å². The fourth-order valence-electron chi connectivity index (χ4n) is 1.98. The second kappa shape index (κ2) is 6.33. The molecule has 0 unspecified atom stereocenters. The third kappa shape index (κ3) is 3.54. The number of nitrogens with zero attached hydrogens (tertiary/aromatic N) is 3. The van der Waals surface area contributed by atoms with E-state index in [1.54, 1.807) is 7.11 Å². The summed E-state index contributed by atoms with van der Waals surface area (Å²) in [5, 5.41) is 4.40. The van der Waals surface area contributed by atoms with Crippen LogP contribution in [0.1, 0.15) is 17.2 Å². The molecule has 0 radical (unpaired) electrons. The second-order valence-electron chi connectivity index (χ2n) is 4.45. The van der Waals surface area contributed by atoms with Gasteiger partial charge in [0, 0.05) is 19.9 Å². The summed E-state index contributed by atoms with van der Waals surface area (Å²) >= 11 is 0. The summed E-state index contributed by atoms with van der Waals surface area (Å²) in [6.45, 7) is 0.602. The molecular formula is C14H20N4O. The van der Waals surface area contributed by atoms with Gasteiger partial charge in [0.2, 0.25) is 0 Å². The zero-order valence-electron chi connectivity index (χ0n) is 11.5. The molecule has 2 N–H and O–H groups in total. The van der Waals surface area contributed by atoms with E-state index in [1.807, 2.05) is 23.9 Å². The van der Waals surface area contributed by atoms with E-state index in [2.05, 4.69) is 22.2 Å². The van der Waals surface area contributed by atoms with E-state index in [-0.39, 0.29) is 0 Å². The fourth-order valence-corrected chi connectivity index (χ4v) is 1.98. The van der Waals surface area contributed by atoms with E-state index in [9.17, 15) is 0 Å². The van der Waals surface area contributed by atoms with E-state index in [0.717, 1.165) is 36.7 Å². The van der Waals surface area contributed by atoms with Crippen LogP contribution in [0.2, 0.25) is 0 Å². The Hall–Kier alpha value is -1.88. The maximum atomic E-state index is 5.54. The van der Waals surface area contributed by atoms with Crippen molar-refractivity contribution < 1.29 is 4.74 Å². The quantitative estimate of drug-likeness (QED) is 0.845. The number of aromatic nitrogens is 3. The van der Waals surface area contributed by atoms with Crippen LogP contribution in [0.25, 0.3) is 0 Å². The van der Waals surface area contributed by atoms with Gasteiger partial charge < -0.3 is 10.5 Å². The fraction of sp³-hybridized carbons (Fsp3) is 0.429. The van der Waals surface area contributed by atoms with Crippen LogP contribution in [0.5, 0.6) is 5.75 Å². The molecule has 0 fully saturated rings. The number of methoxy groups -OCH3 is 1. The van der Waals surface area contributed by atoms with E-state index >= 15 is 0 Å². The summed E-state index contributed by atoms with van der Waals surface area (Å²) in [4.78, 5) is 4.50. The summed E-state index contributed by atoms with van der Waals surface area (Å²) in [5.41, 5.74) is 6.80. The SMILES string of the molecule is COc1ccc(CCc2nc(CCN)n(C)n2)cc1. The van der Waals surface area contributed by atoms with E-state index in [0.29, 0.717) is 6.54 Å². The second-order valence-corrected chi connectivity index (χ2v) is 4.45. The van der Waals surface area contributed by atoms with Crippen molar-refractivity contribution in [3.63, 3.8) is 0 Å². The lowest BCUT2D eigenvalue weighted by atomic mass is 10.1. The number of hydrogen-bond donors (Lipinski definition) is 1. The highest BCUT2D eigenvalue weighted by molar-refractivity contribution is 5.27. The molecule has 0 saturated carbocycles. The summed E-state index contributed by atoms with van der Waals surface area (Å²) < 4.78 is 6.95. The van der Waals surface area contributed by atoms with Crippen molar-refractivity contribution in [3.05, 3.63) is 41.5 Å². The van der Waals surface area contributed by atoms with Crippen molar-refractivity contribution in [1.82, 2.24) is 14.8 Å². The molecule has 5 heteroatoms. The Bertz CT molecular complexity index is 519. The molecule has 0 saturated heterocycles. The topological polar surface area (TPSA) is 66.0 Å². The number of nitrogens with two attached hydrogens (primary N) is 1. The van der Waals surface area contributed by atoms with Crippen molar-refractivity contribution >= 4 is 0 Å². The highest BCUT2D eigenvalue weighted by Gasteiger charge is 2.06. The molecule has 1 aromatic heterocycles. The maximum absolute atomic E-state index is 5.54. The van der Waals surface area contributed by atoms with E-state index in [1.165, 1.54) is 5.56 Å². The van der Waals surface area contributed by atoms with Gasteiger partial charge >= 0.3 is 0 Å². The van der Waals surface area contributed by atoms with Gasteiger partial charge in [-0.1, -0.05) is 12.1 Å². The van der Waals surface area contributed by atoms with Crippen molar-refractivity contribution in [2.45, 2.75) is 19.3 Å². The minimum absolute atomic E-state index is 0.602. The van der Waals surface area contributed by atoms with Gasteiger partial charge in [-0.3, -0.25) is 4.68 Å². The number of hydrogen-bond acceptors (Lipinski definition) is 4. The van der Waals surface area contributed by atoms with Crippen LogP contribution in [0.4, 0.5) is 0 Å². The lowest BCUT2D eigenvalue weighted by molar-refractivity contribution is 0.414. The highest BCUT2D eigenvalue weighted by atomic mass is 16.5. The Kier molecular flexibility index (Phi) is 4.52. The minimum Gasteiger partial charge on any atom is -0.497 e. The monoisotopic (exact) mass is 260 g/mol. The van der Waals surface area contributed by atoms with Crippen LogP contribution in [0, 0.1) is 0 Å². The van der Waals surface area contributed by atoms with Crippen LogP contribution in [-0.2, 0) is 26.3 Å². The molecule has 0 aliphatic carbocycles. The molecule has 0 atom stereocenters. The van der Waals surface area contributed by atoms with E-state index in [4.69, 9.17) is 10.5 Å². The number of rotatable bonds is 6. The smallest absolute Gasteiger partial charge is 0.151 e. The zero-order valence-corrected chi connectivity index (χ0v) is 11.5. The molecule has 2 rings (SSSR count). The number of ether oxygens (including phenoxy) is 1. The molecule has 0 aliphatic rings. The molecule has 19 heavy (non-hydrogen) atoms. The first-order chi connectivity index (χ1) is 9.22. The molecule has 102 valence electrons. The summed E-state index contributed by atoms with van der Waals surface area (Å²) in [7, 11) is 3.58. The molecule has 2 aromatic rings. The van der Waals surface area contributed by atoms with Gasteiger partial charge in [-0.05, 0) is 30.7 Å². The Morgan fingerprint density at radius 1 is 1.16 bits per heavy atom. The van der Waals surface area contributed by atoms with Crippen LogP contribution in [-0.4, -0.2) is 28.4 Å². The summed E-state index contributed by atoms with van der Waals surface area (Å²) in [5.74, 6) is 2.71. The predicted molar refractivity (Wildman–Crippen MR) is 74.2 cm³/mol. The lowest BCUT2D eigenvalue weighted by Crippen LogP contribution is -2.08. The first kappa shape index (κ1) is 13.5. The Balaban J connectivity index is 1.95. The normalized spacial score (nSPS) is 10.7. The molecule has 0 bridgehead atoms. The van der Waals surface area contributed by atoms with Crippen molar-refractivity contribution in [1.29, 1.82) is 0 Å². The summed E-state index contributed by atoms with van der Waals surface area (Å²) in [6, 6.07) is 8.09. The van der Waals surface area contributed by atoms with Crippen molar-refractivity contribution in [3.8, 4) is 5.75 Å². The number of benzene rings is 1. The summed E-state index contributed by atoms with van der Waals surface area (Å²) in [6.07, 6.45) is 2.53. The molecule has 5 nitrogen and oxygen atoms in total. The molecule has 0 aliphatic heterocycles. The molecule has 1 heterocycles. The van der Waals surface area contributed by atoms with Gasteiger partial charge in [-0.15, -0.1) is 0 Å². The van der Waals surface area contributed by atoms with Crippen LogP contribution >= 0.6 is 0 Å². The third-order valence-corrected chi connectivity index (χ3v) is 3.06. The van der Waals surface area contributed by atoms with Crippen LogP contribution in [0.15, 0.2) is 24.3 Å².